The fourth-order valence-electron chi connectivity index (χ4n) is 4.64. The third-order valence-corrected chi connectivity index (χ3v) is 6.99. The first-order valence-corrected chi connectivity index (χ1v) is 13.2. The second-order valence-electron chi connectivity index (χ2n) is 9.38. The Balaban J connectivity index is 1.19. The third-order valence-electron chi connectivity index (χ3n) is 6.77. The molecular weight excluding hydrogens is 523 g/mol. The van der Waals surface area contributed by atoms with Crippen molar-refractivity contribution in [1.29, 1.82) is 0 Å². The monoisotopic (exact) mass is 551 g/mol. The molecule has 0 bridgehead atoms. The molecule has 3 aromatic carbocycles. The zero-order valence-corrected chi connectivity index (χ0v) is 22.3. The van der Waals surface area contributed by atoms with Gasteiger partial charge in [0.15, 0.2) is 10.9 Å². The van der Waals surface area contributed by atoms with E-state index in [2.05, 4.69) is 69.6 Å². The highest BCUT2D eigenvalue weighted by atomic mass is 32.1. The van der Waals surface area contributed by atoms with Crippen molar-refractivity contribution in [3.8, 4) is 22.8 Å². The molecule has 5 rings (SSSR count). The zero-order chi connectivity index (χ0) is 27.6. The molecule has 1 aromatic heterocycles. The second kappa shape index (κ2) is 11.1. The van der Waals surface area contributed by atoms with E-state index in [1.807, 2.05) is 12.1 Å². The lowest BCUT2D eigenvalue weighted by atomic mass is 10.0. The topological polar surface area (TPSA) is 64.0 Å². The quantitative estimate of drug-likeness (QED) is 0.235. The Morgan fingerprint density at radius 3 is 2.28 bits per heavy atom. The van der Waals surface area contributed by atoms with Crippen LogP contribution in [-0.2, 0) is 12.8 Å². The average molecular weight is 552 g/mol. The zero-order valence-electron chi connectivity index (χ0n) is 21.5. The molecule has 10 heteroatoms. The Bertz CT molecular complexity index is 1430. The van der Waals surface area contributed by atoms with E-state index in [1.54, 1.807) is 0 Å². The van der Waals surface area contributed by atoms with E-state index >= 15 is 0 Å². The number of hydrogen-bond acceptors (Lipinski definition) is 4. The highest BCUT2D eigenvalue weighted by Crippen LogP contribution is 2.41. The molecular formula is C29H28F3N5OS. The van der Waals surface area contributed by atoms with Crippen LogP contribution >= 0.6 is 12.2 Å². The number of benzene rings is 3. The van der Waals surface area contributed by atoms with E-state index in [0.717, 1.165) is 30.5 Å². The lowest BCUT2D eigenvalue weighted by molar-refractivity contribution is -0.274. The van der Waals surface area contributed by atoms with Crippen molar-refractivity contribution < 1.29 is 17.9 Å². The minimum Gasteiger partial charge on any atom is -0.406 e. The molecule has 1 heterocycles. The molecule has 39 heavy (non-hydrogen) atoms. The summed E-state index contributed by atoms with van der Waals surface area (Å²) in [6.07, 6.45) is -0.329. The van der Waals surface area contributed by atoms with Gasteiger partial charge in [-0.05, 0) is 72.4 Å². The van der Waals surface area contributed by atoms with Gasteiger partial charge in [-0.15, -0.1) is 18.3 Å². The molecule has 2 N–H and O–H groups in total. The van der Waals surface area contributed by atoms with E-state index in [-0.39, 0.29) is 11.8 Å². The molecule has 1 aliphatic rings. The maximum Gasteiger partial charge on any atom is 0.573 e. The van der Waals surface area contributed by atoms with Crippen LogP contribution in [0.3, 0.4) is 0 Å². The largest absolute Gasteiger partial charge is 0.573 e. The molecule has 1 saturated carbocycles. The summed E-state index contributed by atoms with van der Waals surface area (Å²) in [6.45, 7) is 4.29. The standard InChI is InChI=1S/C29H28F3N5OS/c1-3-18-6-5-7-19(4-2)26(18)35-28(39)34-25-16-24(25)20-8-10-21(11-9-20)27-33-17-37(36-27)22-12-14-23(15-13-22)38-29(30,31)32/h5-15,17,24-25H,3-4,16H2,1-2H3,(H2,34,35,39). The predicted molar refractivity (Wildman–Crippen MR) is 149 cm³/mol. The molecule has 202 valence electrons. The van der Waals surface area contributed by atoms with Gasteiger partial charge in [-0.3, -0.25) is 0 Å². The van der Waals surface area contributed by atoms with E-state index < -0.39 is 6.36 Å². The van der Waals surface area contributed by atoms with E-state index in [9.17, 15) is 13.2 Å². The van der Waals surface area contributed by atoms with Crippen molar-refractivity contribution in [1.82, 2.24) is 20.1 Å². The second-order valence-corrected chi connectivity index (χ2v) is 9.79. The third kappa shape index (κ3) is 6.39. The summed E-state index contributed by atoms with van der Waals surface area (Å²) in [6, 6.07) is 20.2. The van der Waals surface area contributed by atoms with Gasteiger partial charge in [-0.25, -0.2) is 9.67 Å². The SMILES string of the molecule is CCc1cccc(CC)c1NC(=S)NC1CC1c1ccc(-c2ncn(-c3ccc(OC(F)(F)F)cc3)n2)cc1. The van der Waals surface area contributed by atoms with Crippen molar-refractivity contribution in [3.63, 3.8) is 0 Å². The van der Waals surface area contributed by atoms with Gasteiger partial charge in [0, 0.05) is 23.2 Å². The Labute approximate surface area is 230 Å². The first kappa shape index (κ1) is 26.7. The van der Waals surface area contributed by atoms with E-state index in [1.165, 1.54) is 52.0 Å². The average Bonchev–Trinajstić information content (AvgIpc) is 3.49. The minimum absolute atomic E-state index is 0.274. The number of hydrogen-bond donors (Lipinski definition) is 2. The number of para-hydroxylation sites is 1. The fraction of sp³-hybridized carbons (Fsp3) is 0.276. The fourth-order valence-corrected chi connectivity index (χ4v) is 4.90. The maximum absolute atomic E-state index is 12.4. The van der Waals surface area contributed by atoms with Gasteiger partial charge >= 0.3 is 6.36 Å². The van der Waals surface area contributed by atoms with Crippen molar-refractivity contribution in [2.45, 2.75) is 51.4 Å². The molecule has 0 aliphatic heterocycles. The highest BCUT2D eigenvalue weighted by molar-refractivity contribution is 7.80. The number of ether oxygens (including phenoxy) is 1. The summed E-state index contributed by atoms with van der Waals surface area (Å²) in [7, 11) is 0. The molecule has 2 unspecified atom stereocenters. The van der Waals surface area contributed by atoms with E-state index in [4.69, 9.17) is 12.2 Å². The molecule has 0 saturated heterocycles. The number of anilines is 1. The van der Waals surface area contributed by atoms with Crippen LogP contribution in [0.4, 0.5) is 18.9 Å². The highest BCUT2D eigenvalue weighted by Gasteiger charge is 2.39. The van der Waals surface area contributed by atoms with Gasteiger partial charge in [-0.1, -0.05) is 56.3 Å². The molecule has 1 fully saturated rings. The molecule has 2 atom stereocenters. The number of thiocarbonyl (C=S) groups is 1. The summed E-state index contributed by atoms with van der Waals surface area (Å²) in [4.78, 5) is 4.36. The van der Waals surface area contributed by atoms with Crippen LogP contribution in [0, 0.1) is 0 Å². The van der Waals surface area contributed by atoms with Crippen LogP contribution in [0.25, 0.3) is 17.1 Å². The first-order valence-electron chi connectivity index (χ1n) is 12.8. The smallest absolute Gasteiger partial charge is 0.406 e. The van der Waals surface area contributed by atoms with Crippen LogP contribution in [0.15, 0.2) is 73.1 Å². The lowest BCUT2D eigenvalue weighted by Crippen LogP contribution is -2.31. The molecule has 6 nitrogen and oxygen atoms in total. The van der Waals surface area contributed by atoms with Gasteiger partial charge in [0.25, 0.3) is 0 Å². The summed E-state index contributed by atoms with van der Waals surface area (Å²) in [5, 5.41) is 12.0. The van der Waals surface area contributed by atoms with Gasteiger partial charge in [0.05, 0.1) is 5.69 Å². The van der Waals surface area contributed by atoms with Gasteiger partial charge < -0.3 is 15.4 Å². The van der Waals surface area contributed by atoms with Crippen LogP contribution in [0.2, 0.25) is 0 Å². The predicted octanol–water partition coefficient (Wildman–Crippen LogP) is 6.80. The van der Waals surface area contributed by atoms with Crippen molar-refractivity contribution in [2.75, 3.05) is 5.32 Å². The Hall–Kier alpha value is -3.92. The van der Waals surface area contributed by atoms with Crippen LogP contribution in [0.1, 0.15) is 42.9 Å². The van der Waals surface area contributed by atoms with Gasteiger partial charge in [0.1, 0.15) is 12.1 Å². The number of nitrogens with zero attached hydrogens (tertiary/aromatic N) is 3. The van der Waals surface area contributed by atoms with Crippen LogP contribution < -0.4 is 15.4 Å². The summed E-state index contributed by atoms with van der Waals surface area (Å²) >= 11 is 5.63. The number of halogens is 3. The van der Waals surface area contributed by atoms with Crippen molar-refractivity contribution in [2.24, 2.45) is 0 Å². The number of nitrogens with one attached hydrogen (secondary N) is 2. The summed E-state index contributed by atoms with van der Waals surface area (Å²) in [5.74, 6) is 0.603. The number of aryl methyl sites for hydroxylation is 2. The normalized spacial score (nSPS) is 16.5. The Morgan fingerprint density at radius 1 is 1.00 bits per heavy atom. The number of aromatic nitrogens is 3. The molecule has 0 spiro atoms. The maximum atomic E-state index is 12.4. The molecule has 1 aliphatic carbocycles. The summed E-state index contributed by atoms with van der Waals surface area (Å²) in [5.41, 5.74) is 6.25. The Morgan fingerprint density at radius 2 is 1.67 bits per heavy atom. The van der Waals surface area contributed by atoms with Crippen molar-refractivity contribution in [3.05, 3.63) is 89.7 Å². The number of rotatable bonds is 8. The Kier molecular flexibility index (Phi) is 7.56. The molecule has 4 aromatic rings. The lowest BCUT2D eigenvalue weighted by Gasteiger charge is -2.17. The van der Waals surface area contributed by atoms with Gasteiger partial charge in [-0.2, -0.15) is 0 Å². The summed E-state index contributed by atoms with van der Waals surface area (Å²) < 4.78 is 42.6. The van der Waals surface area contributed by atoms with Crippen LogP contribution in [-0.4, -0.2) is 32.3 Å². The first-order chi connectivity index (χ1) is 18.7. The minimum atomic E-state index is -4.73. The molecule has 0 amide bonds. The van der Waals surface area contributed by atoms with Crippen LogP contribution in [0.5, 0.6) is 5.75 Å². The van der Waals surface area contributed by atoms with Gasteiger partial charge in [0.2, 0.25) is 0 Å². The van der Waals surface area contributed by atoms with E-state index in [0.29, 0.717) is 22.5 Å². The van der Waals surface area contributed by atoms with Crippen molar-refractivity contribution >= 4 is 23.0 Å². The molecule has 0 radical (unpaired) electrons. The number of alkyl halides is 3.